The summed E-state index contributed by atoms with van der Waals surface area (Å²) in [6, 6.07) is 6.54. The minimum Gasteiger partial charge on any atom is -0.493 e. The fourth-order valence-electron chi connectivity index (χ4n) is 4.03. The Balaban J connectivity index is 1.43. The lowest BCUT2D eigenvalue weighted by molar-refractivity contribution is 0.233. The van der Waals surface area contributed by atoms with Crippen molar-refractivity contribution in [3.05, 3.63) is 41.2 Å². The van der Waals surface area contributed by atoms with E-state index < -0.39 is 0 Å². The van der Waals surface area contributed by atoms with E-state index in [2.05, 4.69) is 72.6 Å². The Morgan fingerprint density at radius 1 is 1.00 bits per heavy atom. The van der Waals surface area contributed by atoms with Gasteiger partial charge in [-0.2, -0.15) is 0 Å². The van der Waals surface area contributed by atoms with E-state index in [9.17, 15) is 0 Å². The van der Waals surface area contributed by atoms with Crippen molar-refractivity contribution in [2.24, 2.45) is 0 Å². The fourth-order valence-corrected chi connectivity index (χ4v) is 4.03. The number of para-hydroxylation sites is 1. The molecule has 6 nitrogen and oxygen atoms in total. The quantitative estimate of drug-likeness (QED) is 0.568. The number of rotatable bonds is 11. The van der Waals surface area contributed by atoms with E-state index in [-0.39, 0.29) is 0 Å². The number of nitrogens with zero attached hydrogens (tertiary/aromatic N) is 4. The molecule has 1 aliphatic heterocycles. The number of piperazine rings is 1. The molecule has 0 bridgehead atoms. The highest BCUT2D eigenvalue weighted by Gasteiger charge is 2.15. The first kappa shape index (κ1) is 22.8. The SMILES string of the molecule is CC(C)c1cccc(C(C)C)c1OCCCc1cn(CCCN2CCNCC2)nn1. The van der Waals surface area contributed by atoms with Crippen molar-refractivity contribution in [2.45, 2.75) is 65.3 Å². The van der Waals surface area contributed by atoms with Crippen LogP contribution in [0.4, 0.5) is 0 Å². The van der Waals surface area contributed by atoms with E-state index in [0.717, 1.165) is 70.0 Å². The lowest BCUT2D eigenvalue weighted by Gasteiger charge is -2.26. The summed E-state index contributed by atoms with van der Waals surface area (Å²) in [5, 5.41) is 12.1. The van der Waals surface area contributed by atoms with Crippen LogP contribution in [0.3, 0.4) is 0 Å². The van der Waals surface area contributed by atoms with E-state index >= 15 is 0 Å². The number of ether oxygens (including phenoxy) is 1. The molecule has 0 spiro atoms. The van der Waals surface area contributed by atoms with Gasteiger partial charge in [-0.25, -0.2) is 0 Å². The summed E-state index contributed by atoms with van der Waals surface area (Å²) in [7, 11) is 0. The summed E-state index contributed by atoms with van der Waals surface area (Å²) in [5.41, 5.74) is 3.66. The number of hydrogen-bond acceptors (Lipinski definition) is 5. The van der Waals surface area contributed by atoms with Gasteiger partial charge in [0.1, 0.15) is 5.75 Å². The largest absolute Gasteiger partial charge is 0.493 e. The Morgan fingerprint density at radius 3 is 2.37 bits per heavy atom. The maximum Gasteiger partial charge on any atom is 0.126 e. The predicted molar refractivity (Wildman–Crippen MR) is 122 cm³/mol. The molecule has 166 valence electrons. The summed E-state index contributed by atoms with van der Waals surface area (Å²) in [6.07, 6.45) is 5.07. The Morgan fingerprint density at radius 2 is 1.70 bits per heavy atom. The Bertz CT molecular complexity index is 738. The monoisotopic (exact) mass is 413 g/mol. The third kappa shape index (κ3) is 6.54. The molecular weight excluding hydrogens is 374 g/mol. The van der Waals surface area contributed by atoms with E-state index in [1.165, 1.54) is 11.1 Å². The van der Waals surface area contributed by atoms with Gasteiger partial charge in [0.2, 0.25) is 0 Å². The van der Waals surface area contributed by atoms with E-state index in [1.54, 1.807) is 0 Å². The molecule has 0 amide bonds. The number of benzene rings is 1. The first-order valence-electron chi connectivity index (χ1n) is 11.6. The normalized spacial score (nSPS) is 15.3. The number of hydrogen-bond donors (Lipinski definition) is 1. The molecular formula is C24H39N5O. The molecule has 1 fully saturated rings. The van der Waals surface area contributed by atoms with Gasteiger partial charge in [-0.1, -0.05) is 51.1 Å². The highest BCUT2D eigenvalue weighted by Crippen LogP contribution is 2.34. The lowest BCUT2D eigenvalue weighted by Crippen LogP contribution is -2.43. The van der Waals surface area contributed by atoms with Crippen LogP contribution >= 0.6 is 0 Å². The number of nitrogens with one attached hydrogen (secondary N) is 1. The van der Waals surface area contributed by atoms with Gasteiger partial charge in [0.15, 0.2) is 0 Å². The average Bonchev–Trinajstić information content (AvgIpc) is 3.19. The summed E-state index contributed by atoms with van der Waals surface area (Å²) >= 11 is 0. The average molecular weight is 414 g/mol. The van der Waals surface area contributed by atoms with Crippen LogP contribution in [-0.2, 0) is 13.0 Å². The summed E-state index contributed by atoms with van der Waals surface area (Å²) < 4.78 is 8.28. The van der Waals surface area contributed by atoms with Gasteiger partial charge in [0.25, 0.3) is 0 Å². The van der Waals surface area contributed by atoms with Gasteiger partial charge in [0.05, 0.1) is 12.3 Å². The van der Waals surface area contributed by atoms with Crippen molar-refractivity contribution in [1.82, 2.24) is 25.2 Å². The van der Waals surface area contributed by atoms with Crippen LogP contribution in [0, 0.1) is 0 Å². The smallest absolute Gasteiger partial charge is 0.126 e. The second kappa shape index (κ2) is 11.5. The Hall–Kier alpha value is -1.92. The zero-order valence-corrected chi connectivity index (χ0v) is 19.2. The Kier molecular flexibility index (Phi) is 8.70. The maximum absolute atomic E-state index is 6.29. The van der Waals surface area contributed by atoms with Crippen LogP contribution in [0.25, 0.3) is 0 Å². The zero-order chi connectivity index (χ0) is 21.3. The summed E-state index contributed by atoms with van der Waals surface area (Å²) in [6.45, 7) is 16.2. The van der Waals surface area contributed by atoms with Crippen molar-refractivity contribution in [3.8, 4) is 5.75 Å². The number of aromatic nitrogens is 3. The highest BCUT2D eigenvalue weighted by molar-refractivity contribution is 5.44. The minimum atomic E-state index is 0.458. The van der Waals surface area contributed by atoms with Crippen molar-refractivity contribution < 1.29 is 4.74 Å². The first-order valence-corrected chi connectivity index (χ1v) is 11.6. The minimum absolute atomic E-state index is 0.458. The molecule has 3 rings (SSSR count). The lowest BCUT2D eigenvalue weighted by atomic mass is 9.94. The van der Waals surface area contributed by atoms with Gasteiger partial charge in [-0.15, -0.1) is 5.10 Å². The maximum atomic E-state index is 6.29. The molecule has 1 saturated heterocycles. The molecule has 0 unspecified atom stereocenters. The molecule has 0 aliphatic carbocycles. The van der Waals surface area contributed by atoms with Gasteiger partial charge < -0.3 is 15.0 Å². The first-order chi connectivity index (χ1) is 14.5. The van der Waals surface area contributed by atoms with E-state index in [0.29, 0.717) is 18.4 Å². The zero-order valence-electron chi connectivity index (χ0n) is 19.2. The second-order valence-electron chi connectivity index (χ2n) is 8.95. The van der Waals surface area contributed by atoms with Crippen LogP contribution in [0.15, 0.2) is 24.4 Å². The van der Waals surface area contributed by atoms with Crippen molar-refractivity contribution >= 4 is 0 Å². The third-order valence-electron chi connectivity index (χ3n) is 5.80. The molecule has 0 saturated carbocycles. The van der Waals surface area contributed by atoms with Crippen molar-refractivity contribution in [2.75, 3.05) is 39.3 Å². The molecule has 1 aliphatic rings. The van der Waals surface area contributed by atoms with Crippen LogP contribution in [-0.4, -0.2) is 59.2 Å². The highest BCUT2D eigenvalue weighted by atomic mass is 16.5. The standard InChI is InChI=1S/C24H39N5O/c1-19(2)22-9-5-10-23(20(3)4)24(22)30-17-6-8-21-18-29(27-26-21)14-7-13-28-15-11-25-12-16-28/h5,9-10,18-20,25H,6-8,11-17H2,1-4H3. The van der Waals surface area contributed by atoms with Crippen LogP contribution in [0.2, 0.25) is 0 Å². The number of aryl methyl sites for hydroxylation is 2. The molecule has 0 radical (unpaired) electrons. The van der Waals surface area contributed by atoms with Crippen molar-refractivity contribution in [1.29, 1.82) is 0 Å². The van der Waals surface area contributed by atoms with Gasteiger partial charge in [0, 0.05) is 45.5 Å². The van der Waals surface area contributed by atoms with Crippen LogP contribution < -0.4 is 10.1 Å². The predicted octanol–water partition coefficient (Wildman–Crippen LogP) is 3.83. The topological polar surface area (TPSA) is 55.2 Å². The third-order valence-corrected chi connectivity index (χ3v) is 5.80. The Labute approximate surface area is 182 Å². The van der Waals surface area contributed by atoms with E-state index in [4.69, 9.17) is 4.74 Å². The molecule has 0 atom stereocenters. The molecule has 1 aromatic carbocycles. The molecule has 1 N–H and O–H groups in total. The van der Waals surface area contributed by atoms with Crippen LogP contribution in [0.5, 0.6) is 5.75 Å². The molecule has 30 heavy (non-hydrogen) atoms. The molecule has 2 heterocycles. The van der Waals surface area contributed by atoms with Gasteiger partial charge >= 0.3 is 0 Å². The molecule has 6 heteroatoms. The fraction of sp³-hybridized carbons (Fsp3) is 0.667. The van der Waals surface area contributed by atoms with Crippen LogP contribution in [0.1, 0.15) is 69.2 Å². The van der Waals surface area contributed by atoms with Gasteiger partial charge in [-0.05, 0) is 42.2 Å². The van der Waals surface area contributed by atoms with E-state index in [1.807, 2.05) is 4.68 Å². The summed E-state index contributed by atoms with van der Waals surface area (Å²) in [4.78, 5) is 2.52. The molecule has 2 aromatic rings. The summed E-state index contributed by atoms with van der Waals surface area (Å²) in [5.74, 6) is 2.00. The van der Waals surface area contributed by atoms with Gasteiger partial charge in [-0.3, -0.25) is 4.68 Å². The van der Waals surface area contributed by atoms with Crippen molar-refractivity contribution in [3.63, 3.8) is 0 Å². The molecule has 1 aromatic heterocycles. The second-order valence-corrected chi connectivity index (χ2v) is 8.95.